The fraction of sp³-hybridized carbons (Fsp3) is 0.333. The molecule has 1 unspecified atom stereocenters. The van der Waals surface area contributed by atoms with Gasteiger partial charge in [-0.15, -0.1) is 0 Å². The lowest BCUT2D eigenvalue weighted by molar-refractivity contribution is -0.142. The normalized spacial score (nSPS) is 16.3. The summed E-state index contributed by atoms with van der Waals surface area (Å²) in [5.74, 6) is -0.209. The van der Waals surface area contributed by atoms with Crippen LogP contribution >= 0.6 is 0 Å². The number of benzene rings is 2. The summed E-state index contributed by atoms with van der Waals surface area (Å²) in [6.07, 6.45) is 0.321. The van der Waals surface area contributed by atoms with E-state index in [2.05, 4.69) is 5.32 Å². The first-order valence-electron chi connectivity index (χ1n) is 8.79. The number of carbonyl (C=O) groups is 2. The van der Waals surface area contributed by atoms with Crippen LogP contribution in [0, 0.1) is 6.92 Å². The van der Waals surface area contributed by atoms with Gasteiger partial charge >= 0.3 is 0 Å². The minimum Gasteiger partial charge on any atom is -0.383 e. The predicted molar refractivity (Wildman–Crippen MR) is 99.5 cm³/mol. The highest BCUT2D eigenvalue weighted by Crippen LogP contribution is 2.30. The summed E-state index contributed by atoms with van der Waals surface area (Å²) in [5, 5.41) is 2.99. The summed E-state index contributed by atoms with van der Waals surface area (Å²) in [4.78, 5) is 27.2. The zero-order chi connectivity index (χ0) is 18.5. The van der Waals surface area contributed by atoms with Crippen molar-refractivity contribution >= 4 is 11.8 Å². The zero-order valence-electron chi connectivity index (χ0n) is 15.2. The van der Waals surface area contributed by atoms with E-state index in [0.29, 0.717) is 26.1 Å². The number of methoxy groups -OCH3 is 1. The van der Waals surface area contributed by atoms with E-state index in [1.807, 2.05) is 55.5 Å². The minimum atomic E-state index is -0.618. The van der Waals surface area contributed by atoms with E-state index < -0.39 is 6.04 Å². The standard InChI is InChI=1S/C21H24N2O3/c1-15-6-5-7-16(12-15)14-22-21(25)20-18-9-4-3-8-17(18)13-19(24)23(20)10-11-26-2/h3-9,12,20H,10-11,13-14H2,1-2H3,(H,22,25). The zero-order valence-corrected chi connectivity index (χ0v) is 15.2. The van der Waals surface area contributed by atoms with Crippen molar-refractivity contribution in [1.82, 2.24) is 10.2 Å². The van der Waals surface area contributed by atoms with Gasteiger partial charge in [-0.3, -0.25) is 9.59 Å². The molecule has 0 aliphatic carbocycles. The highest BCUT2D eigenvalue weighted by Gasteiger charge is 2.36. The molecule has 1 aliphatic heterocycles. The molecule has 2 amide bonds. The molecule has 2 aromatic carbocycles. The van der Waals surface area contributed by atoms with Crippen molar-refractivity contribution < 1.29 is 14.3 Å². The van der Waals surface area contributed by atoms with Crippen LogP contribution in [0.5, 0.6) is 0 Å². The third kappa shape index (κ3) is 3.94. The molecule has 0 aromatic heterocycles. The lowest BCUT2D eigenvalue weighted by Crippen LogP contribution is -2.48. The maximum atomic E-state index is 13.0. The Hall–Kier alpha value is -2.66. The molecule has 0 spiro atoms. The Balaban J connectivity index is 1.82. The number of fused-ring (bicyclic) bond motifs is 1. The van der Waals surface area contributed by atoms with Crippen LogP contribution in [-0.4, -0.2) is 37.0 Å². The van der Waals surface area contributed by atoms with E-state index in [1.165, 1.54) is 0 Å². The monoisotopic (exact) mass is 352 g/mol. The number of hydrogen-bond acceptors (Lipinski definition) is 3. The summed E-state index contributed by atoms with van der Waals surface area (Å²) in [6, 6.07) is 15.1. The average Bonchev–Trinajstić information content (AvgIpc) is 2.64. The topological polar surface area (TPSA) is 58.6 Å². The molecule has 1 heterocycles. The molecular weight excluding hydrogens is 328 g/mol. The Morgan fingerprint density at radius 1 is 1.23 bits per heavy atom. The van der Waals surface area contributed by atoms with Gasteiger partial charge in [0.25, 0.3) is 0 Å². The maximum absolute atomic E-state index is 13.0. The van der Waals surface area contributed by atoms with E-state index in [9.17, 15) is 9.59 Å². The Kier molecular flexibility index (Phi) is 5.68. The van der Waals surface area contributed by atoms with Crippen molar-refractivity contribution in [2.75, 3.05) is 20.3 Å². The highest BCUT2D eigenvalue weighted by atomic mass is 16.5. The second-order valence-corrected chi connectivity index (χ2v) is 6.56. The van der Waals surface area contributed by atoms with Crippen LogP contribution in [0.2, 0.25) is 0 Å². The van der Waals surface area contributed by atoms with Crippen LogP contribution in [0.15, 0.2) is 48.5 Å². The van der Waals surface area contributed by atoms with Crippen LogP contribution in [-0.2, 0) is 27.3 Å². The van der Waals surface area contributed by atoms with Gasteiger partial charge in [-0.05, 0) is 23.6 Å². The van der Waals surface area contributed by atoms with Gasteiger partial charge in [-0.1, -0.05) is 54.1 Å². The van der Waals surface area contributed by atoms with Crippen LogP contribution in [0.25, 0.3) is 0 Å². The Bertz CT molecular complexity index is 803. The van der Waals surface area contributed by atoms with E-state index in [-0.39, 0.29) is 11.8 Å². The largest absolute Gasteiger partial charge is 0.383 e. The number of nitrogens with zero attached hydrogens (tertiary/aromatic N) is 1. The Morgan fingerprint density at radius 3 is 2.81 bits per heavy atom. The lowest BCUT2D eigenvalue weighted by Gasteiger charge is -2.36. The van der Waals surface area contributed by atoms with Crippen molar-refractivity contribution in [3.8, 4) is 0 Å². The van der Waals surface area contributed by atoms with Crippen molar-refractivity contribution in [2.45, 2.75) is 25.9 Å². The summed E-state index contributed by atoms with van der Waals surface area (Å²) < 4.78 is 5.13. The molecule has 26 heavy (non-hydrogen) atoms. The molecular formula is C21H24N2O3. The van der Waals surface area contributed by atoms with Crippen molar-refractivity contribution in [2.24, 2.45) is 0 Å². The summed E-state index contributed by atoms with van der Waals surface area (Å²) in [5.41, 5.74) is 4.00. The number of carbonyl (C=O) groups excluding carboxylic acids is 2. The molecule has 1 aliphatic rings. The predicted octanol–water partition coefficient (Wildman–Crippen LogP) is 2.38. The Morgan fingerprint density at radius 2 is 2.04 bits per heavy atom. The number of ether oxygens (including phenoxy) is 1. The van der Waals surface area contributed by atoms with E-state index >= 15 is 0 Å². The van der Waals surface area contributed by atoms with Crippen LogP contribution in [0.3, 0.4) is 0 Å². The third-order valence-electron chi connectivity index (χ3n) is 4.66. The van der Waals surface area contributed by atoms with Crippen molar-refractivity contribution in [3.63, 3.8) is 0 Å². The molecule has 2 aromatic rings. The second-order valence-electron chi connectivity index (χ2n) is 6.56. The molecule has 0 fully saturated rings. The smallest absolute Gasteiger partial charge is 0.247 e. The van der Waals surface area contributed by atoms with Gasteiger partial charge in [0.2, 0.25) is 11.8 Å². The fourth-order valence-corrected chi connectivity index (χ4v) is 3.37. The van der Waals surface area contributed by atoms with Gasteiger partial charge in [0.15, 0.2) is 0 Å². The van der Waals surface area contributed by atoms with Gasteiger partial charge in [0.05, 0.1) is 13.0 Å². The first-order valence-corrected chi connectivity index (χ1v) is 8.79. The van der Waals surface area contributed by atoms with Gasteiger partial charge in [0.1, 0.15) is 6.04 Å². The van der Waals surface area contributed by atoms with Crippen LogP contribution in [0.4, 0.5) is 0 Å². The lowest BCUT2D eigenvalue weighted by atomic mass is 9.91. The van der Waals surface area contributed by atoms with Crippen molar-refractivity contribution in [1.29, 1.82) is 0 Å². The molecule has 5 nitrogen and oxygen atoms in total. The van der Waals surface area contributed by atoms with E-state index in [1.54, 1.807) is 12.0 Å². The minimum absolute atomic E-state index is 0.0449. The molecule has 0 saturated carbocycles. The summed E-state index contributed by atoms with van der Waals surface area (Å²) >= 11 is 0. The molecule has 0 saturated heterocycles. The quantitative estimate of drug-likeness (QED) is 0.868. The summed E-state index contributed by atoms with van der Waals surface area (Å²) in [7, 11) is 1.59. The Labute approximate surface area is 154 Å². The van der Waals surface area contributed by atoms with Gasteiger partial charge < -0.3 is 15.0 Å². The second kappa shape index (κ2) is 8.15. The average molecular weight is 352 g/mol. The number of amides is 2. The molecule has 5 heteroatoms. The number of hydrogen-bond donors (Lipinski definition) is 1. The molecule has 1 atom stereocenters. The first kappa shape index (κ1) is 18.1. The highest BCUT2D eigenvalue weighted by molar-refractivity contribution is 5.92. The fourth-order valence-electron chi connectivity index (χ4n) is 3.37. The van der Waals surface area contributed by atoms with Gasteiger partial charge in [-0.2, -0.15) is 0 Å². The summed E-state index contributed by atoms with van der Waals surface area (Å²) in [6.45, 7) is 3.25. The number of nitrogens with one attached hydrogen (secondary N) is 1. The van der Waals surface area contributed by atoms with Crippen molar-refractivity contribution in [3.05, 3.63) is 70.8 Å². The molecule has 0 bridgehead atoms. The van der Waals surface area contributed by atoms with Gasteiger partial charge in [-0.25, -0.2) is 0 Å². The number of rotatable bonds is 6. The maximum Gasteiger partial charge on any atom is 0.247 e. The van der Waals surface area contributed by atoms with E-state index in [4.69, 9.17) is 4.74 Å². The first-order chi connectivity index (χ1) is 12.6. The number of aryl methyl sites for hydroxylation is 1. The van der Waals surface area contributed by atoms with Crippen LogP contribution < -0.4 is 5.32 Å². The molecule has 1 N–H and O–H groups in total. The molecule has 0 radical (unpaired) electrons. The molecule has 3 rings (SSSR count). The van der Waals surface area contributed by atoms with Crippen LogP contribution in [0.1, 0.15) is 28.3 Å². The van der Waals surface area contributed by atoms with Gasteiger partial charge in [0, 0.05) is 20.2 Å². The third-order valence-corrected chi connectivity index (χ3v) is 4.66. The SMILES string of the molecule is COCCN1C(=O)Cc2ccccc2C1C(=O)NCc1cccc(C)c1. The molecule has 136 valence electrons. The van der Waals surface area contributed by atoms with E-state index in [0.717, 1.165) is 22.3 Å².